The Bertz CT molecular complexity index is 1000. The van der Waals surface area contributed by atoms with Gasteiger partial charge in [0.25, 0.3) is 5.91 Å². The molecule has 2 fully saturated rings. The first-order valence-electron chi connectivity index (χ1n) is 11.9. The Morgan fingerprint density at radius 3 is 2.53 bits per heavy atom. The molecule has 1 aromatic heterocycles. The molecular formula is C26H34N4O2. The third-order valence-electron chi connectivity index (χ3n) is 7.72. The van der Waals surface area contributed by atoms with Crippen LogP contribution in [0.4, 0.5) is 5.69 Å². The van der Waals surface area contributed by atoms with Crippen LogP contribution < -0.4 is 10.5 Å². The zero-order chi connectivity index (χ0) is 22.3. The van der Waals surface area contributed by atoms with Gasteiger partial charge < -0.3 is 15.4 Å². The number of likely N-dealkylation sites (tertiary alicyclic amines) is 2. The van der Waals surface area contributed by atoms with Crippen molar-refractivity contribution in [2.45, 2.75) is 58.1 Å². The largest absolute Gasteiger partial charge is 0.487 e. The first-order valence-corrected chi connectivity index (χ1v) is 11.9. The Balaban J connectivity index is 1.17. The minimum atomic E-state index is -0.100. The van der Waals surface area contributed by atoms with Crippen molar-refractivity contribution in [2.75, 3.05) is 31.9 Å². The van der Waals surface area contributed by atoms with Crippen LogP contribution in [0.15, 0.2) is 36.7 Å². The molecule has 3 aliphatic heterocycles. The Hall–Kier alpha value is -2.60. The molecule has 0 saturated carbocycles. The number of ether oxygens (including phenoxy) is 1. The molecule has 32 heavy (non-hydrogen) atoms. The van der Waals surface area contributed by atoms with Crippen molar-refractivity contribution in [1.82, 2.24) is 14.8 Å². The molecule has 1 amide bonds. The predicted octanol–water partition coefficient (Wildman–Crippen LogP) is 3.90. The van der Waals surface area contributed by atoms with Gasteiger partial charge in [-0.05, 0) is 75.7 Å². The fourth-order valence-corrected chi connectivity index (χ4v) is 5.70. The second-order valence-corrected chi connectivity index (χ2v) is 10.5. The fraction of sp³-hybridized carbons (Fsp3) is 0.538. The van der Waals surface area contributed by atoms with Gasteiger partial charge in [-0.25, -0.2) is 0 Å². The number of nitrogens with two attached hydrogens (primary N) is 1. The molecule has 170 valence electrons. The summed E-state index contributed by atoms with van der Waals surface area (Å²) in [7, 11) is 0. The summed E-state index contributed by atoms with van der Waals surface area (Å²) >= 11 is 0. The standard InChI is InChI=1S/C26H34N4O2/c1-25(2)16-21-19(4-3-5-23(21)32-25)18-29-12-7-26(8-13-29)9-14-30(15-10-26)24(31)20-6-11-28-17-22(20)27/h3-6,11,17H,7-10,12-16,18,27H2,1-2H3. The number of pyridine rings is 1. The molecule has 2 aromatic rings. The van der Waals surface area contributed by atoms with E-state index in [9.17, 15) is 4.79 Å². The topological polar surface area (TPSA) is 71.7 Å². The van der Waals surface area contributed by atoms with Crippen LogP contribution in [0.5, 0.6) is 5.75 Å². The van der Waals surface area contributed by atoms with Gasteiger partial charge in [-0.3, -0.25) is 14.7 Å². The van der Waals surface area contributed by atoms with Crippen LogP contribution in [-0.2, 0) is 13.0 Å². The highest BCUT2D eigenvalue weighted by Crippen LogP contribution is 2.43. The molecule has 0 atom stereocenters. The third kappa shape index (κ3) is 4.08. The lowest BCUT2D eigenvalue weighted by Crippen LogP contribution is -2.48. The molecule has 4 heterocycles. The number of amides is 1. The first-order chi connectivity index (χ1) is 15.3. The van der Waals surface area contributed by atoms with E-state index < -0.39 is 0 Å². The van der Waals surface area contributed by atoms with Crippen LogP contribution >= 0.6 is 0 Å². The number of hydrogen-bond donors (Lipinski definition) is 1. The van der Waals surface area contributed by atoms with Crippen molar-refractivity contribution in [1.29, 1.82) is 0 Å². The number of nitrogens with zero attached hydrogens (tertiary/aromatic N) is 3. The summed E-state index contributed by atoms with van der Waals surface area (Å²) < 4.78 is 6.12. The third-order valence-corrected chi connectivity index (χ3v) is 7.72. The van der Waals surface area contributed by atoms with E-state index in [4.69, 9.17) is 10.5 Å². The molecule has 3 aliphatic rings. The second kappa shape index (κ2) is 8.07. The van der Waals surface area contributed by atoms with E-state index in [0.29, 0.717) is 16.7 Å². The number of fused-ring (bicyclic) bond motifs is 1. The SMILES string of the molecule is CC1(C)Cc2c(CN3CCC4(CC3)CCN(C(=O)c3ccncc3N)CC4)cccc2O1. The Morgan fingerprint density at radius 1 is 1.09 bits per heavy atom. The predicted molar refractivity (Wildman–Crippen MR) is 126 cm³/mol. The van der Waals surface area contributed by atoms with Crippen LogP contribution in [0.1, 0.15) is 61.0 Å². The first kappa shape index (κ1) is 21.3. The van der Waals surface area contributed by atoms with Crippen LogP contribution in [0, 0.1) is 5.41 Å². The number of hydrogen-bond acceptors (Lipinski definition) is 5. The van der Waals surface area contributed by atoms with E-state index >= 15 is 0 Å². The number of nitrogen functional groups attached to an aromatic ring is 1. The maximum Gasteiger partial charge on any atom is 0.256 e. The maximum atomic E-state index is 12.9. The average molecular weight is 435 g/mol. The van der Waals surface area contributed by atoms with E-state index in [2.05, 4.69) is 41.9 Å². The molecule has 0 bridgehead atoms. The lowest BCUT2D eigenvalue weighted by molar-refractivity contribution is 0.0285. The Kier molecular flexibility index (Phi) is 5.36. The van der Waals surface area contributed by atoms with Crippen LogP contribution in [0.2, 0.25) is 0 Å². The quantitative estimate of drug-likeness (QED) is 0.793. The van der Waals surface area contributed by atoms with Crippen molar-refractivity contribution in [3.05, 3.63) is 53.3 Å². The molecule has 5 rings (SSSR count). The minimum absolute atomic E-state index is 0.0419. The number of rotatable bonds is 3. The minimum Gasteiger partial charge on any atom is -0.487 e. The number of aromatic nitrogens is 1. The summed E-state index contributed by atoms with van der Waals surface area (Å²) in [5.41, 5.74) is 10.1. The summed E-state index contributed by atoms with van der Waals surface area (Å²) in [4.78, 5) is 21.5. The van der Waals surface area contributed by atoms with Crippen molar-refractivity contribution in [2.24, 2.45) is 5.41 Å². The number of carbonyl (C=O) groups is 1. The summed E-state index contributed by atoms with van der Waals surface area (Å²) in [6.45, 7) is 9.23. The highest BCUT2D eigenvalue weighted by atomic mass is 16.5. The van der Waals surface area contributed by atoms with Gasteiger partial charge >= 0.3 is 0 Å². The zero-order valence-electron chi connectivity index (χ0n) is 19.3. The maximum absolute atomic E-state index is 12.9. The lowest BCUT2D eigenvalue weighted by atomic mass is 9.71. The van der Waals surface area contributed by atoms with E-state index in [-0.39, 0.29) is 11.5 Å². The zero-order valence-corrected chi connectivity index (χ0v) is 19.3. The van der Waals surface area contributed by atoms with Crippen LogP contribution in [0.25, 0.3) is 0 Å². The molecule has 0 unspecified atom stereocenters. The number of benzene rings is 1. The van der Waals surface area contributed by atoms with Gasteiger partial charge in [0.15, 0.2) is 0 Å². The lowest BCUT2D eigenvalue weighted by Gasteiger charge is -2.47. The van der Waals surface area contributed by atoms with Gasteiger partial charge in [0, 0.05) is 37.8 Å². The van der Waals surface area contributed by atoms with Gasteiger partial charge in [-0.1, -0.05) is 12.1 Å². The van der Waals surface area contributed by atoms with Crippen molar-refractivity contribution >= 4 is 11.6 Å². The molecule has 1 aromatic carbocycles. The van der Waals surface area contributed by atoms with Gasteiger partial charge in [0.05, 0.1) is 17.4 Å². The number of carbonyl (C=O) groups excluding carboxylic acids is 1. The van der Waals surface area contributed by atoms with E-state index in [1.165, 1.54) is 24.0 Å². The Morgan fingerprint density at radius 2 is 1.81 bits per heavy atom. The molecule has 0 radical (unpaired) electrons. The van der Waals surface area contributed by atoms with Gasteiger partial charge in [0.2, 0.25) is 0 Å². The molecule has 2 N–H and O–H groups in total. The van der Waals surface area contributed by atoms with Crippen molar-refractivity contribution < 1.29 is 9.53 Å². The molecule has 0 aliphatic carbocycles. The monoisotopic (exact) mass is 434 g/mol. The molecule has 2 saturated heterocycles. The summed E-state index contributed by atoms with van der Waals surface area (Å²) in [5, 5.41) is 0. The summed E-state index contributed by atoms with van der Waals surface area (Å²) in [5.74, 6) is 1.10. The molecule has 6 nitrogen and oxygen atoms in total. The Labute approximate surface area is 190 Å². The second-order valence-electron chi connectivity index (χ2n) is 10.5. The number of anilines is 1. The van der Waals surface area contributed by atoms with E-state index in [1.54, 1.807) is 18.5 Å². The summed E-state index contributed by atoms with van der Waals surface area (Å²) in [6.07, 6.45) is 8.78. The van der Waals surface area contributed by atoms with Crippen LogP contribution in [-0.4, -0.2) is 52.5 Å². The average Bonchev–Trinajstić information content (AvgIpc) is 3.11. The van der Waals surface area contributed by atoms with Crippen molar-refractivity contribution in [3.63, 3.8) is 0 Å². The highest BCUT2D eigenvalue weighted by molar-refractivity contribution is 5.98. The van der Waals surface area contributed by atoms with Gasteiger partial charge in [-0.15, -0.1) is 0 Å². The van der Waals surface area contributed by atoms with Crippen molar-refractivity contribution in [3.8, 4) is 5.75 Å². The van der Waals surface area contributed by atoms with E-state index in [0.717, 1.165) is 57.7 Å². The van der Waals surface area contributed by atoms with Gasteiger partial charge in [-0.2, -0.15) is 0 Å². The smallest absolute Gasteiger partial charge is 0.256 e. The van der Waals surface area contributed by atoms with Gasteiger partial charge in [0.1, 0.15) is 11.4 Å². The summed E-state index contributed by atoms with van der Waals surface area (Å²) in [6, 6.07) is 8.23. The normalized spacial score (nSPS) is 21.9. The highest BCUT2D eigenvalue weighted by Gasteiger charge is 2.39. The van der Waals surface area contributed by atoms with E-state index in [1.807, 2.05) is 4.90 Å². The molecule has 1 spiro atoms. The molecule has 6 heteroatoms. The van der Waals surface area contributed by atoms with Crippen LogP contribution in [0.3, 0.4) is 0 Å². The number of piperidine rings is 2. The molecular weight excluding hydrogens is 400 g/mol. The fourth-order valence-electron chi connectivity index (χ4n) is 5.70.